The smallest absolute Gasteiger partial charge is 0.253 e. The van der Waals surface area contributed by atoms with E-state index in [2.05, 4.69) is 5.43 Å². The average Bonchev–Trinajstić information content (AvgIpc) is 2.57. The van der Waals surface area contributed by atoms with E-state index >= 15 is 0 Å². The molecular weight excluding hydrogens is 222 g/mol. The number of nitrogens with zero attached hydrogens (tertiary/aromatic N) is 2. The van der Waals surface area contributed by atoms with Crippen LogP contribution in [0.4, 0.5) is 0 Å². The van der Waals surface area contributed by atoms with Crippen molar-refractivity contribution in [2.75, 3.05) is 20.1 Å². The molecule has 0 aromatic rings. The molecule has 1 N–H and O–H groups in total. The van der Waals surface area contributed by atoms with E-state index < -0.39 is 5.92 Å². The van der Waals surface area contributed by atoms with Crippen LogP contribution < -0.4 is 5.43 Å². The van der Waals surface area contributed by atoms with Crippen LogP contribution in [0.15, 0.2) is 0 Å². The largest absolute Gasteiger partial charge is 0.343 e. The molecule has 0 saturated carbocycles. The Morgan fingerprint density at radius 2 is 1.94 bits per heavy atom. The number of likely N-dealkylation sites (tertiary alicyclic amines) is 1. The maximum absolute atomic E-state index is 11.9. The number of hydrogen-bond donors (Lipinski definition) is 1. The molecule has 2 saturated heterocycles. The molecule has 3 amide bonds. The highest BCUT2D eigenvalue weighted by atomic mass is 16.2. The maximum atomic E-state index is 11.9. The molecule has 2 aliphatic rings. The lowest BCUT2D eigenvalue weighted by atomic mass is 10.0. The number of piperidine rings is 1. The zero-order valence-electron chi connectivity index (χ0n) is 9.94. The molecular formula is C11H17N3O3. The molecule has 2 rings (SSSR count). The zero-order valence-corrected chi connectivity index (χ0v) is 9.94. The third-order valence-electron chi connectivity index (χ3n) is 3.31. The van der Waals surface area contributed by atoms with Crippen molar-refractivity contribution in [3.8, 4) is 0 Å². The third kappa shape index (κ3) is 2.40. The molecule has 2 heterocycles. The van der Waals surface area contributed by atoms with Crippen LogP contribution in [0.2, 0.25) is 0 Å². The van der Waals surface area contributed by atoms with Crippen molar-refractivity contribution in [2.45, 2.75) is 25.7 Å². The topological polar surface area (TPSA) is 69.7 Å². The molecule has 94 valence electrons. The monoisotopic (exact) mass is 239 g/mol. The fourth-order valence-electron chi connectivity index (χ4n) is 2.27. The standard InChI is InChI=1S/C11H17N3O3/c1-13-11(17)8(10(16)12-13)7-9(15)14-5-3-2-4-6-14/h8H,2-7H2,1H3,(H,12,16). The Balaban J connectivity index is 1.94. The van der Waals surface area contributed by atoms with Gasteiger partial charge in [-0.3, -0.25) is 24.8 Å². The van der Waals surface area contributed by atoms with Gasteiger partial charge in [-0.05, 0) is 19.3 Å². The summed E-state index contributed by atoms with van der Waals surface area (Å²) >= 11 is 0. The fraction of sp³-hybridized carbons (Fsp3) is 0.727. The first-order valence-electron chi connectivity index (χ1n) is 5.95. The normalized spacial score (nSPS) is 25.1. The van der Waals surface area contributed by atoms with Crippen LogP contribution in [-0.4, -0.2) is 47.8 Å². The van der Waals surface area contributed by atoms with Crippen molar-refractivity contribution in [1.29, 1.82) is 0 Å². The minimum Gasteiger partial charge on any atom is -0.343 e. The summed E-state index contributed by atoms with van der Waals surface area (Å²) in [5.41, 5.74) is 2.40. The van der Waals surface area contributed by atoms with Crippen molar-refractivity contribution in [3.63, 3.8) is 0 Å². The van der Waals surface area contributed by atoms with Crippen LogP contribution in [0.3, 0.4) is 0 Å². The summed E-state index contributed by atoms with van der Waals surface area (Å²) < 4.78 is 0. The van der Waals surface area contributed by atoms with Crippen LogP contribution >= 0.6 is 0 Å². The minimum atomic E-state index is -0.838. The van der Waals surface area contributed by atoms with Crippen molar-refractivity contribution < 1.29 is 14.4 Å². The van der Waals surface area contributed by atoms with E-state index in [-0.39, 0.29) is 24.1 Å². The summed E-state index contributed by atoms with van der Waals surface area (Å²) in [4.78, 5) is 36.8. The molecule has 0 radical (unpaired) electrons. The first kappa shape index (κ1) is 11.9. The number of carbonyl (C=O) groups is 3. The van der Waals surface area contributed by atoms with E-state index in [4.69, 9.17) is 0 Å². The summed E-state index contributed by atoms with van der Waals surface area (Å²) in [5.74, 6) is -1.62. The molecule has 0 aliphatic carbocycles. The lowest BCUT2D eigenvalue weighted by molar-refractivity contribution is -0.140. The molecule has 1 atom stereocenters. The average molecular weight is 239 g/mol. The fourth-order valence-corrected chi connectivity index (χ4v) is 2.27. The van der Waals surface area contributed by atoms with E-state index in [1.165, 1.54) is 7.05 Å². The van der Waals surface area contributed by atoms with Gasteiger partial charge in [0.05, 0.1) is 0 Å². The van der Waals surface area contributed by atoms with Crippen LogP contribution in [0, 0.1) is 5.92 Å². The number of hydrazine groups is 1. The van der Waals surface area contributed by atoms with E-state index in [1.807, 2.05) is 0 Å². The maximum Gasteiger partial charge on any atom is 0.253 e. The van der Waals surface area contributed by atoms with Crippen LogP contribution in [-0.2, 0) is 14.4 Å². The predicted molar refractivity (Wildman–Crippen MR) is 59.5 cm³/mol. The Morgan fingerprint density at radius 3 is 2.47 bits per heavy atom. The number of nitrogens with one attached hydrogen (secondary N) is 1. The highest BCUT2D eigenvalue weighted by Crippen LogP contribution is 2.17. The van der Waals surface area contributed by atoms with Gasteiger partial charge in [0.15, 0.2) is 0 Å². The molecule has 0 bridgehead atoms. The van der Waals surface area contributed by atoms with Gasteiger partial charge >= 0.3 is 0 Å². The summed E-state index contributed by atoms with van der Waals surface area (Å²) in [6.45, 7) is 1.49. The first-order valence-corrected chi connectivity index (χ1v) is 5.95. The molecule has 0 aromatic heterocycles. The molecule has 0 spiro atoms. The number of rotatable bonds is 2. The number of amides is 3. The van der Waals surface area contributed by atoms with Gasteiger partial charge in [0.1, 0.15) is 5.92 Å². The molecule has 0 aromatic carbocycles. The second-order valence-corrected chi connectivity index (χ2v) is 4.57. The van der Waals surface area contributed by atoms with Gasteiger partial charge in [0, 0.05) is 26.6 Å². The van der Waals surface area contributed by atoms with E-state index in [0.717, 1.165) is 37.4 Å². The summed E-state index contributed by atoms with van der Waals surface area (Å²) in [7, 11) is 1.49. The number of carbonyl (C=O) groups excluding carboxylic acids is 3. The number of hydrogen-bond acceptors (Lipinski definition) is 3. The minimum absolute atomic E-state index is 0.00495. The van der Waals surface area contributed by atoms with Gasteiger partial charge in [-0.25, -0.2) is 0 Å². The van der Waals surface area contributed by atoms with Gasteiger partial charge < -0.3 is 4.90 Å². The molecule has 17 heavy (non-hydrogen) atoms. The summed E-state index contributed by atoms with van der Waals surface area (Å²) in [6, 6.07) is 0. The van der Waals surface area contributed by atoms with Crippen molar-refractivity contribution in [1.82, 2.24) is 15.3 Å². The van der Waals surface area contributed by atoms with Gasteiger partial charge in [0.25, 0.3) is 11.8 Å². The lowest BCUT2D eigenvalue weighted by Gasteiger charge is -2.27. The Hall–Kier alpha value is -1.59. The Kier molecular flexibility index (Phi) is 3.31. The third-order valence-corrected chi connectivity index (χ3v) is 3.31. The second-order valence-electron chi connectivity index (χ2n) is 4.57. The molecule has 6 nitrogen and oxygen atoms in total. The van der Waals surface area contributed by atoms with E-state index in [9.17, 15) is 14.4 Å². The first-order chi connectivity index (χ1) is 8.09. The lowest BCUT2D eigenvalue weighted by Crippen LogP contribution is -2.38. The molecule has 2 aliphatic heterocycles. The second kappa shape index (κ2) is 4.73. The van der Waals surface area contributed by atoms with Gasteiger partial charge in [0.2, 0.25) is 5.91 Å². The Bertz CT molecular complexity index is 350. The molecule has 1 unspecified atom stereocenters. The summed E-state index contributed by atoms with van der Waals surface area (Å²) in [6.07, 6.45) is 3.16. The van der Waals surface area contributed by atoms with Crippen molar-refractivity contribution in [3.05, 3.63) is 0 Å². The van der Waals surface area contributed by atoms with Crippen LogP contribution in [0.25, 0.3) is 0 Å². The molecule has 2 fully saturated rings. The summed E-state index contributed by atoms with van der Waals surface area (Å²) in [5, 5.41) is 1.15. The van der Waals surface area contributed by atoms with Gasteiger partial charge in [-0.1, -0.05) is 0 Å². The zero-order chi connectivity index (χ0) is 12.4. The van der Waals surface area contributed by atoms with Gasteiger partial charge in [-0.2, -0.15) is 0 Å². The van der Waals surface area contributed by atoms with Crippen LogP contribution in [0.5, 0.6) is 0 Å². The Labute approximate surface area is 99.9 Å². The SMILES string of the molecule is CN1NC(=O)C(CC(=O)N2CCCCC2)C1=O. The van der Waals surface area contributed by atoms with Crippen molar-refractivity contribution in [2.24, 2.45) is 5.92 Å². The highest BCUT2D eigenvalue weighted by molar-refractivity contribution is 6.07. The quantitative estimate of drug-likeness (QED) is 0.661. The molecule has 6 heteroatoms. The predicted octanol–water partition coefficient (Wildman–Crippen LogP) is -0.492. The van der Waals surface area contributed by atoms with E-state index in [0.29, 0.717) is 0 Å². The van der Waals surface area contributed by atoms with Crippen LogP contribution in [0.1, 0.15) is 25.7 Å². The van der Waals surface area contributed by atoms with E-state index in [1.54, 1.807) is 4.90 Å². The van der Waals surface area contributed by atoms with Gasteiger partial charge in [-0.15, -0.1) is 0 Å². The Morgan fingerprint density at radius 1 is 1.29 bits per heavy atom. The highest BCUT2D eigenvalue weighted by Gasteiger charge is 2.39. The van der Waals surface area contributed by atoms with Crippen molar-refractivity contribution >= 4 is 17.7 Å².